The van der Waals surface area contributed by atoms with Crippen LogP contribution in [0.3, 0.4) is 0 Å². The van der Waals surface area contributed by atoms with Gasteiger partial charge in [-0.3, -0.25) is 29.4 Å². The first-order chi connectivity index (χ1) is 15.9. The SMILES string of the molecule is CC(=O)c1ccc(N2C(=O)[C@@H]3[C@H]4C[C@@H]([C@H]5ON=C(c6ccc([N+](=O)[O-])cc6)[C@@H]45)[C@H]3C2=O)cc1. The maximum Gasteiger partial charge on any atom is 0.269 e. The van der Waals surface area contributed by atoms with E-state index in [-0.39, 0.29) is 47.1 Å². The summed E-state index contributed by atoms with van der Waals surface area (Å²) in [6.07, 6.45) is 0.434. The number of ketones is 1. The minimum absolute atomic E-state index is 0.00850. The van der Waals surface area contributed by atoms with Gasteiger partial charge in [0.2, 0.25) is 11.8 Å². The fourth-order valence-electron chi connectivity index (χ4n) is 6.22. The minimum Gasteiger partial charge on any atom is -0.391 e. The summed E-state index contributed by atoms with van der Waals surface area (Å²) in [6.45, 7) is 1.46. The molecule has 2 amide bonds. The number of nitro groups is 1. The van der Waals surface area contributed by atoms with E-state index in [2.05, 4.69) is 5.16 Å². The smallest absolute Gasteiger partial charge is 0.269 e. The lowest BCUT2D eigenvalue weighted by Gasteiger charge is -2.29. The molecule has 0 spiro atoms. The van der Waals surface area contributed by atoms with E-state index in [0.717, 1.165) is 5.56 Å². The number of carbonyl (C=O) groups excluding carboxylic acids is 3. The molecule has 3 fully saturated rings. The van der Waals surface area contributed by atoms with Gasteiger partial charge >= 0.3 is 0 Å². The van der Waals surface area contributed by atoms with Crippen molar-refractivity contribution in [3.05, 3.63) is 69.8 Å². The van der Waals surface area contributed by atoms with E-state index in [9.17, 15) is 24.5 Å². The lowest BCUT2D eigenvalue weighted by molar-refractivity contribution is -0.384. The minimum atomic E-state index is -0.456. The lowest BCUT2D eigenvalue weighted by Crippen LogP contribution is -2.41. The maximum absolute atomic E-state index is 13.4. The Morgan fingerprint density at radius 1 is 1.00 bits per heavy atom. The largest absolute Gasteiger partial charge is 0.391 e. The molecule has 9 nitrogen and oxygen atoms in total. The van der Waals surface area contributed by atoms with Crippen LogP contribution in [-0.2, 0) is 14.4 Å². The Labute approximate surface area is 188 Å². The molecule has 6 rings (SSSR count). The zero-order chi connectivity index (χ0) is 23.0. The number of Topliss-reactive ketones (excluding diaryl/α,β-unsaturated/α-hetero) is 1. The highest BCUT2D eigenvalue weighted by atomic mass is 16.6. The predicted octanol–water partition coefficient (Wildman–Crippen LogP) is 2.97. The molecule has 4 aliphatic rings. The Bertz CT molecular complexity index is 1250. The number of non-ortho nitro benzene ring substituents is 1. The van der Waals surface area contributed by atoms with Crippen molar-refractivity contribution in [2.45, 2.75) is 19.4 Å². The fourth-order valence-corrected chi connectivity index (χ4v) is 6.22. The second-order valence-electron chi connectivity index (χ2n) is 9.11. The Morgan fingerprint density at radius 2 is 1.64 bits per heavy atom. The molecule has 2 aromatic carbocycles. The summed E-state index contributed by atoms with van der Waals surface area (Å²) < 4.78 is 0. The Balaban J connectivity index is 1.30. The van der Waals surface area contributed by atoms with E-state index >= 15 is 0 Å². The molecular weight excluding hydrogens is 426 g/mol. The summed E-state index contributed by atoms with van der Waals surface area (Å²) >= 11 is 0. The molecule has 2 saturated carbocycles. The standard InChI is InChI=1S/C24H19N3O6/c1-11(28)12-2-6-14(7-3-12)26-23(29)18-16-10-17(19(18)24(26)30)22-20(16)21(25-33-22)13-4-8-15(9-5-13)27(31)32/h2-9,16-20,22H,10H2,1H3/t16-,17-,18-,19-,20-,22-/m1/s1. The molecule has 0 aromatic heterocycles. The van der Waals surface area contributed by atoms with Crippen LogP contribution in [0.1, 0.15) is 29.3 Å². The first-order valence-electron chi connectivity index (χ1n) is 10.8. The lowest BCUT2D eigenvalue weighted by atomic mass is 9.71. The molecule has 2 aliphatic heterocycles. The van der Waals surface area contributed by atoms with Crippen molar-refractivity contribution >= 4 is 34.7 Å². The molecule has 6 atom stereocenters. The van der Waals surface area contributed by atoms with Crippen molar-refractivity contribution < 1.29 is 24.1 Å². The van der Waals surface area contributed by atoms with Gasteiger partial charge in [-0.2, -0.15) is 0 Å². The third-order valence-corrected chi connectivity index (χ3v) is 7.60. The number of rotatable bonds is 4. The predicted molar refractivity (Wildman–Crippen MR) is 116 cm³/mol. The van der Waals surface area contributed by atoms with Gasteiger partial charge in [0.05, 0.1) is 28.2 Å². The molecule has 2 bridgehead atoms. The van der Waals surface area contributed by atoms with Crippen LogP contribution in [-0.4, -0.2) is 34.3 Å². The van der Waals surface area contributed by atoms with Gasteiger partial charge < -0.3 is 4.84 Å². The van der Waals surface area contributed by atoms with Crippen molar-refractivity contribution in [1.29, 1.82) is 0 Å². The van der Waals surface area contributed by atoms with E-state index in [1.54, 1.807) is 36.4 Å². The number of nitro benzene ring substituents is 1. The van der Waals surface area contributed by atoms with Crippen molar-refractivity contribution in [3.63, 3.8) is 0 Å². The van der Waals surface area contributed by atoms with Gasteiger partial charge in [-0.05, 0) is 55.7 Å². The molecule has 2 aromatic rings. The van der Waals surface area contributed by atoms with Crippen LogP contribution >= 0.6 is 0 Å². The Kier molecular flexibility index (Phi) is 4.08. The molecular formula is C24H19N3O6. The Morgan fingerprint density at radius 3 is 2.24 bits per heavy atom. The van der Waals surface area contributed by atoms with Gasteiger partial charge in [-0.1, -0.05) is 5.16 Å². The van der Waals surface area contributed by atoms with Crippen LogP contribution in [0.5, 0.6) is 0 Å². The summed E-state index contributed by atoms with van der Waals surface area (Å²) in [7, 11) is 0. The van der Waals surface area contributed by atoms with Gasteiger partial charge in [0, 0.05) is 35.1 Å². The van der Waals surface area contributed by atoms with Crippen LogP contribution < -0.4 is 4.90 Å². The summed E-state index contributed by atoms with van der Waals surface area (Å²) in [5.41, 5.74) is 2.39. The zero-order valence-electron chi connectivity index (χ0n) is 17.6. The number of hydrogen-bond donors (Lipinski definition) is 0. The number of nitrogens with zero attached hydrogens (tertiary/aromatic N) is 3. The quantitative estimate of drug-likeness (QED) is 0.309. The van der Waals surface area contributed by atoms with Gasteiger partial charge in [0.15, 0.2) is 5.78 Å². The summed E-state index contributed by atoms with van der Waals surface area (Å²) in [5.74, 6) is -1.74. The van der Waals surface area contributed by atoms with E-state index < -0.39 is 16.8 Å². The topological polar surface area (TPSA) is 119 Å². The molecule has 33 heavy (non-hydrogen) atoms. The summed E-state index contributed by atoms with van der Waals surface area (Å²) in [4.78, 5) is 55.9. The average Bonchev–Trinajstić information content (AvgIpc) is 3.54. The molecule has 2 aliphatic carbocycles. The Hall–Kier alpha value is -3.88. The van der Waals surface area contributed by atoms with Crippen LogP contribution in [0.15, 0.2) is 53.7 Å². The number of amides is 2. The van der Waals surface area contributed by atoms with Gasteiger partial charge in [0.1, 0.15) is 6.10 Å². The number of imide groups is 1. The fraction of sp³-hybridized carbons (Fsp3) is 0.333. The summed E-state index contributed by atoms with van der Waals surface area (Å²) in [5, 5.41) is 15.2. The van der Waals surface area contributed by atoms with E-state index in [1.807, 2.05) is 0 Å². The normalized spacial score (nSPS) is 31.3. The van der Waals surface area contributed by atoms with Crippen molar-refractivity contribution in [2.75, 3.05) is 4.90 Å². The second-order valence-corrected chi connectivity index (χ2v) is 9.11. The number of carbonyl (C=O) groups is 3. The van der Waals surface area contributed by atoms with E-state index in [1.165, 1.54) is 24.0 Å². The van der Waals surface area contributed by atoms with Crippen LogP contribution in [0.25, 0.3) is 0 Å². The number of hydrogen-bond acceptors (Lipinski definition) is 7. The first-order valence-corrected chi connectivity index (χ1v) is 10.8. The monoisotopic (exact) mass is 445 g/mol. The highest BCUT2D eigenvalue weighted by Crippen LogP contribution is 2.62. The molecule has 166 valence electrons. The van der Waals surface area contributed by atoms with Gasteiger partial charge in [-0.15, -0.1) is 0 Å². The number of benzene rings is 2. The van der Waals surface area contributed by atoms with Gasteiger partial charge in [0.25, 0.3) is 5.69 Å². The molecule has 0 N–H and O–H groups in total. The number of anilines is 1. The third kappa shape index (κ3) is 2.65. The number of fused-ring (bicyclic) bond motifs is 8. The molecule has 0 unspecified atom stereocenters. The average molecular weight is 445 g/mol. The highest BCUT2D eigenvalue weighted by molar-refractivity contribution is 6.23. The molecule has 1 saturated heterocycles. The third-order valence-electron chi connectivity index (χ3n) is 7.60. The van der Waals surface area contributed by atoms with Crippen molar-refractivity contribution in [1.82, 2.24) is 0 Å². The second kappa shape index (κ2) is 6.81. The highest BCUT2D eigenvalue weighted by Gasteiger charge is 2.70. The van der Waals surface area contributed by atoms with Gasteiger partial charge in [-0.25, -0.2) is 0 Å². The first kappa shape index (κ1) is 19.8. The van der Waals surface area contributed by atoms with Crippen LogP contribution in [0, 0.1) is 39.7 Å². The summed E-state index contributed by atoms with van der Waals surface area (Å²) in [6, 6.07) is 12.7. The van der Waals surface area contributed by atoms with E-state index in [4.69, 9.17) is 4.84 Å². The zero-order valence-corrected chi connectivity index (χ0v) is 17.6. The molecule has 0 radical (unpaired) electrons. The number of oxime groups is 1. The van der Waals surface area contributed by atoms with Crippen LogP contribution in [0.2, 0.25) is 0 Å². The maximum atomic E-state index is 13.4. The molecule has 9 heteroatoms. The van der Waals surface area contributed by atoms with Crippen molar-refractivity contribution in [3.8, 4) is 0 Å². The van der Waals surface area contributed by atoms with E-state index in [0.29, 0.717) is 23.4 Å². The van der Waals surface area contributed by atoms with Crippen molar-refractivity contribution in [2.24, 2.45) is 34.7 Å². The molecule has 2 heterocycles. The van der Waals surface area contributed by atoms with Crippen LogP contribution in [0.4, 0.5) is 11.4 Å².